The number of primary amides is 1. The van der Waals surface area contributed by atoms with Gasteiger partial charge in [-0.1, -0.05) is 36.4 Å². The van der Waals surface area contributed by atoms with Crippen molar-refractivity contribution in [1.29, 1.82) is 0 Å². The number of nitrogens with two attached hydrogens (primary N) is 1. The van der Waals surface area contributed by atoms with Gasteiger partial charge in [0.1, 0.15) is 11.3 Å². The lowest BCUT2D eigenvalue weighted by molar-refractivity contribution is -0.385. The highest BCUT2D eigenvalue weighted by Crippen LogP contribution is 2.30. The third kappa shape index (κ3) is 3.60. The Morgan fingerprint density at radius 1 is 1.06 bits per heavy atom. The number of hydrogen-bond donors (Lipinski definition) is 1. The van der Waals surface area contributed by atoms with Crippen LogP contribution in [0.15, 0.2) is 76.5 Å². The van der Waals surface area contributed by atoms with E-state index in [0.717, 1.165) is 0 Å². The fourth-order valence-electron chi connectivity index (χ4n) is 3.58. The van der Waals surface area contributed by atoms with E-state index in [1.807, 2.05) is 0 Å². The number of para-hydroxylation sites is 1. The number of fused-ring (bicyclic) bond motifs is 1. The van der Waals surface area contributed by atoms with E-state index in [-0.39, 0.29) is 33.1 Å². The van der Waals surface area contributed by atoms with E-state index < -0.39 is 20.7 Å². The molecule has 4 aromatic rings. The van der Waals surface area contributed by atoms with Crippen molar-refractivity contribution in [3.8, 4) is 0 Å². The van der Waals surface area contributed by atoms with Crippen LogP contribution in [0.5, 0.6) is 0 Å². The number of aromatic nitrogens is 2. The van der Waals surface area contributed by atoms with E-state index in [4.69, 9.17) is 5.73 Å². The van der Waals surface area contributed by atoms with Crippen LogP contribution < -0.4 is 5.73 Å². The molecule has 1 aromatic heterocycles. The molecule has 0 radical (unpaired) electrons. The number of benzene rings is 3. The first-order chi connectivity index (χ1) is 15.2. The number of aryl methyl sites for hydroxylation is 1. The SMILES string of the molecule is Cc1nc2c(C(N)=O)cc(S(=O)(=O)c3ccccc3)cc2n1Cc1ccccc1[N+](=O)[O-]. The van der Waals surface area contributed by atoms with E-state index in [2.05, 4.69) is 4.98 Å². The Bertz CT molecular complexity index is 1480. The molecule has 32 heavy (non-hydrogen) atoms. The Morgan fingerprint density at radius 3 is 2.38 bits per heavy atom. The molecule has 0 saturated heterocycles. The van der Waals surface area contributed by atoms with Crippen molar-refractivity contribution in [3.63, 3.8) is 0 Å². The highest BCUT2D eigenvalue weighted by atomic mass is 32.2. The predicted molar refractivity (Wildman–Crippen MR) is 117 cm³/mol. The van der Waals surface area contributed by atoms with Gasteiger partial charge in [-0.05, 0) is 31.2 Å². The van der Waals surface area contributed by atoms with E-state index >= 15 is 0 Å². The summed E-state index contributed by atoms with van der Waals surface area (Å²) in [6, 6.07) is 16.7. The average molecular weight is 450 g/mol. The number of hydrogen-bond acceptors (Lipinski definition) is 6. The van der Waals surface area contributed by atoms with Gasteiger partial charge < -0.3 is 10.3 Å². The molecule has 0 fully saturated rings. The quantitative estimate of drug-likeness (QED) is 0.353. The molecular weight excluding hydrogens is 432 g/mol. The maximum Gasteiger partial charge on any atom is 0.274 e. The molecule has 0 unspecified atom stereocenters. The first-order valence-electron chi connectivity index (χ1n) is 9.53. The molecule has 0 bridgehead atoms. The zero-order chi connectivity index (χ0) is 23.0. The Morgan fingerprint density at radius 2 is 1.72 bits per heavy atom. The summed E-state index contributed by atoms with van der Waals surface area (Å²) in [4.78, 5) is 27.4. The second-order valence-corrected chi connectivity index (χ2v) is 9.10. The minimum atomic E-state index is -3.95. The van der Waals surface area contributed by atoms with Crippen molar-refractivity contribution in [2.45, 2.75) is 23.3 Å². The molecule has 0 spiro atoms. The van der Waals surface area contributed by atoms with Crippen molar-refractivity contribution in [3.05, 3.63) is 93.8 Å². The molecule has 3 aromatic carbocycles. The number of nitro benzene ring substituents is 1. The summed E-state index contributed by atoms with van der Waals surface area (Å²) in [5.74, 6) is -0.370. The number of sulfone groups is 1. The van der Waals surface area contributed by atoms with Crippen molar-refractivity contribution in [2.24, 2.45) is 5.73 Å². The van der Waals surface area contributed by atoms with Crippen molar-refractivity contribution < 1.29 is 18.1 Å². The van der Waals surface area contributed by atoms with Crippen LogP contribution in [-0.4, -0.2) is 28.8 Å². The van der Waals surface area contributed by atoms with E-state index in [1.165, 1.54) is 30.3 Å². The maximum absolute atomic E-state index is 13.2. The number of nitro groups is 1. The fourth-order valence-corrected chi connectivity index (χ4v) is 4.91. The molecule has 162 valence electrons. The molecule has 0 aliphatic rings. The van der Waals surface area contributed by atoms with Crippen LogP contribution in [0.4, 0.5) is 5.69 Å². The third-order valence-electron chi connectivity index (χ3n) is 5.16. The Labute approximate surface area is 183 Å². The summed E-state index contributed by atoms with van der Waals surface area (Å²) in [6.07, 6.45) is 0. The first kappa shape index (κ1) is 21.2. The number of nitrogens with zero attached hydrogens (tertiary/aromatic N) is 3. The van der Waals surface area contributed by atoms with E-state index in [9.17, 15) is 23.3 Å². The second-order valence-electron chi connectivity index (χ2n) is 7.15. The van der Waals surface area contributed by atoms with Crippen LogP contribution in [0, 0.1) is 17.0 Å². The van der Waals surface area contributed by atoms with Crippen LogP contribution in [-0.2, 0) is 16.4 Å². The largest absolute Gasteiger partial charge is 0.366 e. The number of carbonyl (C=O) groups excluding carboxylic acids is 1. The van der Waals surface area contributed by atoms with Crippen molar-refractivity contribution in [1.82, 2.24) is 9.55 Å². The van der Waals surface area contributed by atoms with Gasteiger partial charge in [0.05, 0.1) is 32.3 Å². The summed E-state index contributed by atoms with van der Waals surface area (Å²) in [5, 5.41) is 11.4. The molecule has 1 amide bonds. The van der Waals surface area contributed by atoms with Gasteiger partial charge in [0.2, 0.25) is 9.84 Å². The van der Waals surface area contributed by atoms with Crippen LogP contribution in [0.25, 0.3) is 11.0 Å². The summed E-state index contributed by atoms with van der Waals surface area (Å²) >= 11 is 0. The maximum atomic E-state index is 13.2. The normalized spacial score (nSPS) is 11.5. The van der Waals surface area contributed by atoms with Gasteiger partial charge in [-0.25, -0.2) is 13.4 Å². The van der Waals surface area contributed by atoms with Gasteiger partial charge >= 0.3 is 0 Å². The van der Waals surface area contributed by atoms with Gasteiger partial charge in [0.25, 0.3) is 11.6 Å². The zero-order valence-electron chi connectivity index (χ0n) is 16.9. The van der Waals surface area contributed by atoms with Gasteiger partial charge in [-0.3, -0.25) is 14.9 Å². The minimum absolute atomic E-state index is 0.0404. The summed E-state index contributed by atoms with van der Waals surface area (Å²) < 4.78 is 28.0. The average Bonchev–Trinajstić information content (AvgIpc) is 3.08. The highest BCUT2D eigenvalue weighted by molar-refractivity contribution is 7.91. The van der Waals surface area contributed by atoms with Gasteiger partial charge in [-0.15, -0.1) is 0 Å². The molecule has 0 aliphatic carbocycles. The number of amides is 1. The van der Waals surface area contributed by atoms with Crippen LogP contribution in [0.1, 0.15) is 21.7 Å². The lowest BCUT2D eigenvalue weighted by atomic mass is 10.1. The van der Waals surface area contributed by atoms with Crippen LogP contribution in [0.2, 0.25) is 0 Å². The molecule has 0 atom stereocenters. The fraction of sp³-hybridized carbons (Fsp3) is 0.0909. The Hall–Kier alpha value is -4.05. The number of rotatable bonds is 6. The smallest absolute Gasteiger partial charge is 0.274 e. The third-order valence-corrected chi connectivity index (χ3v) is 6.91. The van der Waals surface area contributed by atoms with E-state index in [0.29, 0.717) is 16.9 Å². The molecule has 4 rings (SSSR count). The number of imidazole rings is 1. The first-order valence-corrected chi connectivity index (χ1v) is 11.0. The topological polar surface area (TPSA) is 138 Å². The zero-order valence-corrected chi connectivity index (χ0v) is 17.7. The minimum Gasteiger partial charge on any atom is -0.366 e. The Balaban J connectivity index is 1.96. The number of carbonyl (C=O) groups is 1. The van der Waals surface area contributed by atoms with Gasteiger partial charge in [0, 0.05) is 11.6 Å². The molecule has 1 heterocycles. The predicted octanol–water partition coefficient (Wildman–Crippen LogP) is 3.23. The van der Waals surface area contributed by atoms with Crippen LogP contribution in [0.3, 0.4) is 0 Å². The monoisotopic (exact) mass is 450 g/mol. The summed E-state index contributed by atoms with van der Waals surface area (Å²) in [6.45, 7) is 1.73. The summed E-state index contributed by atoms with van der Waals surface area (Å²) in [5.41, 5.74) is 6.41. The molecule has 10 heteroatoms. The van der Waals surface area contributed by atoms with E-state index in [1.54, 1.807) is 47.9 Å². The molecular formula is C22H18N4O5S. The molecule has 2 N–H and O–H groups in total. The molecule has 0 saturated carbocycles. The van der Waals surface area contributed by atoms with Gasteiger partial charge in [-0.2, -0.15) is 0 Å². The molecule has 0 aliphatic heterocycles. The summed E-state index contributed by atoms with van der Waals surface area (Å²) in [7, 11) is -3.95. The highest BCUT2D eigenvalue weighted by Gasteiger charge is 2.24. The second kappa shape index (κ2) is 7.89. The van der Waals surface area contributed by atoms with Gasteiger partial charge in [0.15, 0.2) is 0 Å². The van der Waals surface area contributed by atoms with Crippen molar-refractivity contribution in [2.75, 3.05) is 0 Å². The lowest BCUT2D eigenvalue weighted by Gasteiger charge is -2.10. The van der Waals surface area contributed by atoms with Crippen molar-refractivity contribution >= 4 is 32.5 Å². The standard InChI is InChI=1S/C22H18N4O5S/c1-14-24-21-18(22(23)27)11-17(32(30,31)16-8-3-2-4-9-16)12-20(21)25(14)13-15-7-5-6-10-19(15)26(28)29/h2-12H,13H2,1H3,(H2,23,27). The lowest BCUT2D eigenvalue weighted by Crippen LogP contribution is -2.13. The Kier molecular flexibility index (Phi) is 5.23. The van der Waals surface area contributed by atoms with Crippen LogP contribution >= 0.6 is 0 Å². The molecule has 9 nitrogen and oxygen atoms in total.